The number of aromatic nitrogens is 1. The highest BCUT2D eigenvalue weighted by atomic mass is 32.1. The van der Waals surface area contributed by atoms with E-state index in [0.717, 1.165) is 10.4 Å². The number of nitrogens with zero attached hydrogens (tertiary/aromatic N) is 1. The van der Waals surface area contributed by atoms with Crippen molar-refractivity contribution in [2.75, 3.05) is 13.2 Å². The van der Waals surface area contributed by atoms with Crippen molar-refractivity contribution in [2.45, 2.75) is 26.6 Å². The lowest BCUT2D eigenvalue weighted by atomic mass is 10.1. The maximum Gasteiger partial charge on any atom is 0.219 e. The lowest BCUT2D eigenvalue weighted by Gasteiger charge is -2.18. The number of Topliss-reactive ketones (excluding diaryl/α,β-unsaturated/α-hetero) is 1. The summed E-state index contributed by atoms with van der Waals surface area (Å²) in [5, 5.41) is 0.695. The molecule has 1 saturated heterocycles. The van der Waals surface area contributed by atoms with Crippen LogP contribution < -0.4 is 0 Å². The molecule has 0 amide bonds. The van der Waals surface area contributed by atoms with Crippen LogP contribution in [0.1, 0.15) is 34.9 Å². The van der Waals surface area contributed by atoms with Crippen molar-refractivity contribution in [3.63, 3.8) is 0 Å². The van der Waals surface area contributed by atoms with Crippen LogP contribution in [0.25, 0.3) is 10.4 Å². The van der Waals surface area contributed by atoms with E-state index in [1.165, 1.54) is 23.8 Å². The van der Waals surface area contributed by atoms with Crippen LogP contribution in [0.2, 0.25) is 0 Å². The minimum absolute atomic E-state index is 0.0466. The molecule has 0 spiro atoms. The predicted octanol–water partition coefficient (Wildman–Crippen LogP) is 3.54. The number of ether oxygens (including phenoxy) is 2. The normalized spacial score (nSPS) is 17.1. The van der Waals surface area contributed by atoms with Crippen molar-refractivity contribution in [1.29, 1.82) is 0 Å². The number of hydrogen-bond donors (Lipinski definition) is 0. The SMILES string of the molecule is CC(=O)c1nc(C2(C)OCCO2)sc1-c1ccc(C)cc1. The predicted molar refractivity (Wildman–Crippen MR) is 81.5 cm³/mol. The van der Waals surface area contributed by atoms with E-state index < -0.39 is 5.79 Å². The Morgan fingerprint density at radius 3 is 2.43 bits per heavy atom. The Morgan fingerprint density at radius 1 is 1.24 bits per heavy atom. The molecule has 2 heterocycles. The van der Waals surface area contributed by atoms with Crippen LogP contribution in [0.5, 0.6) is 0 Å². The molecule has 21 heavy (non-hydrogen) atoms. The standard InChI is InChI=1S/C16H17NO3S/c1-10-4-6-12(7-5-10)14-13(11(2)18)17-15(21-14)16(3)19-8-9-20-16/h4-7H,8-9H2,1-3H3. The molecule has 0 radical (unpaired) electrons. The van der Waals surface area contributed by atoms with Crippen molar-refractivity contribution in [2.24, 2.45) is 0 Å². The van der Waals surface area contributed by atoms with E-state index in [0.29, 0.717) is 23.9 Å². The third-order valence-electron chi connectivity index (χ3n) is 3.50. The van der Waals surface area contributed by atoms with Gasteiger partial charge in [-0.15, -0.1) is 11.3 Å². The van der Waals surface area contributed by atoms with E-state index in [4.69, 9.17) is 9.47 Å². The quantitative estimate of drug-likeness (QED) is 0.814. The highest BCUT2D eigenvalue weighted by Gasteiger charge is 2.37. The molecule has 1 aliphatic rings. The van der Waals surface area contributed by atoms with Crippen molar-refractivity contribution in [3.05, 3.63) is 40.5 Å². The molecule has 5 heteroatoms. The van der Waals surface area contributed by atoms with E-state index in [1.807, 2.05) is 38.1 Å². The molecular weight excluding hydrogens is 286 g/mol. The summed E-state index contributed by atoms with van der Waals surface area (Å²) in [4.78, 5) is 17.3. The van der Waals surface area contributed by atoms with Gasteiger partial charge in [-0.3, -0.25) is 4.79 Å². The topological polar surface area (TPSA) is 48.4 Å². The van der Waals surface area contributed by atoms with Crippen LogP contribution in [0.3, 0.4) is 0 Å². The molecule has 1 aromatic heterocycles. The maximum atomic E-state index is 11.9. The van der Waals surface area contributed by atoms with Crippen molar-refractivity contribution in [3.8, 4) is 10.4 Å². The van der Waals surface area contributed by atoms with Crippen molar-refractivity contribution in [1.82, 2.24) is 4.98 Å². The molecule has 0 aliphatic carbocycles. The number of hydrogen-bond acceptors (Lipinski definition) is 5. The number of carbonyl (C=O) groups excluding carboxylic acids is 1. The lowest BCUT2D eigenvalue weighted by Crippen LogP contribution is -2.22. The van der Waals surface area contributed by atoms with Crippen LogP contribution in [-0.2, 0) is 15.3 Å². The average molecular weight is 303 g/mol. The van der Waals surface area contributed by atoms with Gasteiger partial charge in [0.15, 0.2) is 10.8 Å². The lowest BCUT2D eigenvalue weighted by molar-refractivity contribution is -0.149. The molecule has 0 unspecified atom stereocenters. The largest absolute Gasteiger partial charge is 0.342 e. The Balaban J connectivity index is 2.09. The summed E-state index contributed by atoms with van der Waals surface area (Å²) in [7, 11) is 0. The zero-order chi connectivity index (χ0) is 15.0. The van der Waals surface area contributed by atoms with Gasteiger partial charge in [-0.05, 0) is 19.4 Å². The number of rotatable bonds is 3. The first-order valence-corrected chi connectivity index (χ1v) is 7.68. The molecule has 2 aromatic rings. The van der Waals surface area contributed by atoms with Gasteiger partial charge in [-0.1, -0.05) is 29.8 Å². The molecule has 3 rings (SSSR count). The minimum Gasteiger partial charge on any atom is -0.342 e. The van der Waals surface area contributed by atoms with Gasteiger partial charge in [0.25, 0.3) is 0 Å². The van der Waals surface area contributed by atoms with Gasteiger partial charge in [0, 0.05) is 6.92 Å². The molecule has 1 fully saturated rings. The first-order valence-electron chi connectivity index (χ1n) is 6.87. The molecule has 0 N–H and O–H groups in total. The summed E-state index contributed by atoms with van der Waals surface area (Å²) in [6, 6.07) is 8.08. The number of benzene rings is 1. The van der Waals surface area contributed by atoms with E-state index in [1.54, 1.807) is 0 Å². The molecule has 1 aromatic carbocycles. The van der Waals surface area contributed by atoms with E-state index in [2.05, 4.69) is 4.98 Å². The van der Waals surface area contributed by atoms with E-state index in [-0.39, 0.29) is 5.78 Å². The molecule has 110 valence electrons. The fourth-order valence-corrected chi connectivity index (χ4v) is 3.47. The van der Waals surface area contributed by atoms with Gasteiger partial charge in [0.2, 0.25) is 5.79 Å². The minimum atomic E-state index is -0.836. The summed E-state index contributed by atoms with van der Waals surface area (Å²) in [5.74, 6) is -0.882. The molecule has 0 saturated carbocycles. The number of aryl methyl sites for hydroxylation is 1. The van der Waals surface area contributed by atoms with Gasteiger partial charge in [-0.2, -0.15) is 0 Å². The first kappa shape index (κ1) is 14.4. The Bertz CT molecular complexity index is 669. The van der Waals surface area contributed by atoms with Gasteiger partial charge in [-0.25, -0.2) is 4.98 Å². The molecule has 1 aliphatic heterocycles. The number of thiazole rings is 1. The second-order valence-corrected chi connectivity index (χ2v) is 6.26. The summed E-state index contributed by atoms with van der Waals surface area (Å²) in [5.41, 5.74) is 2.66. The van der Waals surface area contributed by atoms with Crippen molar-refractivity contribution < 1.29 is 14.3 Å². The summed E-state index contributed by atoms with van der Waals surface area (Å²) in [6.45, 7) is 6.52. The van der Waals surface area contributed by atoms with Crippen LogP contribution >= 0.6 is 11.3 Å². The Morgan fingerprint density at radius 2 is 1.86 bits per heavy atom. The molecular formula is C16H17NO3S. The van der Waals surface area contributed by atoms with Gasteiger partial charge < -0.3 is 9.47 Å². The average Bonchev–Trinajstić information content (AvgIpc) is 3.07. The molecule has 4 nitrogen and oxygen atoms in total. The maximum absolute atomic E-state index is 11.9. The highest BCUT2D eigenvalue weighted by molar-refractivity contribution is 7.15. The van der Waals surface area contributed by atoms with Crippen LogP contribution in [0, 0.1) is 6.92 Å². The van der Waals surface area contributed by atoms with Gasteiger partial charge in [0.05, 0.1) is 18.1 Å². The van der Waals surface area contributed by atoms with E-state index >= 15 is 0 Å². The second-order valence-electron chi connectivity index (χ2n) is 5.26. The van der Waals surface area contributed by atoms with E-state index in [9.17, 15) is 4.79 Å². The zero-order valence-corrected chi connectivity index (χ0v) is 13.1. The summed E-state index contributed by atoms with van der Waals surface area (Å²) < 4.78 is 11.3. The van der Waals surface area contributed by atoms with Crippen LogP contribution in [-0.4, -0.2) is 24.0 Å². The third-order valence-corrected chi connectivity index (χ3v) is 4.79. The Hall–Kier alpha value is -1.56. The van der Waals surface area contributed by atoms with Crippen LogP contribution in [0.15, 0.2) is 24.3 Å². The summed E-state index contributed by atoms with van der Waals surface area (Å²) in [6.07, 6.45) is 0. The number of carbonyl (C=O) groups is 1. The fraction of sp³-hybridized carbons (Fsp3) is 0.375. The monoisotopic (exact) mass is 303 g/mol. The number of ketones is 1. The van der Waals surface area contributed by atoms with Gasteiger partial charge >= 0.3 is 0 Å². The zero-order valence-electron chi connectivity index (χ0n) is 12.3. The molecule has 0 bridgehead atoms. The smallest absolute Gasteiger partial charge is 0.219 e. The third kappa shape index (κ3) is 2.64. The van der Waals surface area contributed by atoms with Crippen LogP contribution in [0.4, 0.5) is 0 Å². The highest BCUT2D eigenvalue weighted by Crippen LogP contribution is 2.39. The Kier molecular flexibility index (Phi) is 3.65. The molecule has 0 atom stereocenters. The second kappa shape index (κ2) is 5.33. The summed E-state index contributed by atoms with van der Waals surface area (Å²) >= 11 is 1.46. The fourth-order valence-electron chi connectivity index (χ4n) is 2.29. The van der Waals surface area contributed by atoms with Gasteiger partial charge in [0.1, 0.15) is 5.69 Å². The first-order chi connectivity index (χ1) is 9.99. The van der Waals surface area contributed by atoms with Crippen molar-refractivity contribution >= 4 is 17.1 Å². The Labute approximate surface area is 127 Å².